The minimum atomic E-state index is 0.433. The number of hydrogen-bond donors (Lipinski definition) is 1. The molecule has 112 valence electrons. The molecule has 0 radical (unpaired) electrons. The molecular weight excluding hydrogens is 242 g/mol. The molecule has 0 spiro atoms. The molecule has 0 saturated heterocycles. The van der Waals surface area contributed by atoms with Crippen LogP contribution < -0.4 is 5.73 Å². The summed E-state index contributed by atoms with van der Waals surface area (Å²) in [6.07, 6.45) is 13.2. The van der Waals surface area contributed by atoms with Crippen LogP contribution in [0.25, 0.3) is 0 Å². The van der Waals surface area contributed by atoms with Crippen LogP contribution in [-0.2, 0) is 6.42 Å². The third-order valence-corrected chi connectivity index (χ3v) is 4.74. The zero-order chi connectivity index (χ0) is 14.2. The van der Waals surface area contributed by atoms with Crippen LogP contribution in [0.1, 0.15) is 81.8 Å². The first-order valence-electron chi connectivity index (χ1n) is 8.64. The predicted octanol–water partition coefficient (Wildman–Crippen LogP) is 5.18. The number of unbranched alkanes of at least 4 members (excludes halogenated alkanes) is 5. The van der Waals surface area contributed by atoms with Crippen molar-refractivity contribution in [1.82, 2.24) is 0 Å². The van der Waals surface area contributed by atoms with Gasteiger partial charge >= 0.3 is 0 Å². The first-order valence-corrected chi connectivity index (χ1v) is 8.64. The third-order valence-electron chi connectivity index (χ3n) is 4.74. The Balaban J connectivity index is 1.69. The SMILES string of the molecule is CCCCCCCCc1ccc([C@H]2CC[C@@H](N)C2)cc1. The zero-order valence-electron chi connectivity index (χ0n) is 13.1. The lowest BCUT2D eigenvalue weighted by molar-refractivity contribution is 0.607. The van der Waals surface area contributed by atoms with Crippen LogP contribution >= 0.6 is 0 Å². The van der Waals surface area contributed by atoms with Gasteiger partial charge in [0.05, 0.1) is 0 Å². The first-order chi connectivity index (χ1) is 9.79. The highest BCUT2D eigenvalue weighted by molar-refractivity contribution is 5.26. The second-order valence-electron chi connectivity index (χ2n) is 6.53. The summed E-state index contributed by atoms with van der Waals surface area (Å²) in [6, 6.07) is 9.79. The molecule has 1 aromatic rings. The molecule has 1 aliphatic carbocycles. The minimum absolute atomic E-state index is 0.433. The highest BCUT2D eigenvalue weighted by atomic mass is 14.6. The summed E-state index contributed by atoms with van der Waals surface area (Å²) in [5.41, 5.74) is 9.02. The second kappa shape index (κ2) is 8.46. The fourth-order valence-electron chi connectivity index (χ4n) is 3.39. The Morgan fingerprint density at radius 3 is 2.30 bits per heavy atom. The van der Waals surface area contributed by atoms with Gasteiger partial charge in [-0.05, 0) is 49.1 Å². The highest BCUT2D eigenvalue weighted by Crippen LogP contribution is 2.33. The molecule has 2 N–H and O–H groups in total. The van der Waals surface area contributed by atoms with Gasteiger partial charge in [-0.1, -0.05) is 63.3 Å². The summed E-state index contributed by atoms with van der Waals surface area (Å²) in [5, 5.41) is 0. The maximum Gasteiger partial charge on any atom is 0.00448 e. The highest BCUT2D eigenvalue weighted by Gasteiger charge is 2.22. The molecule has 1 saturated carbocycles. The van der Waals surface area contributed by atoms with Gasteiger partial charge in [-0.25, -0.2) is 0 Å². The molecule has 1 aliphatic rings. The molecule has 1 heteroatoms. The van der Waals surface area contributed by atoms with Crippen molar-refractivity contribution in [3.63, 3.8) is 0 Å². The van der Waals surface area contributed by atoms with E-state index in [1.807, 2.05) is 0 Å². The van der Waals surface area contributed by atoms with E-state index in [-0.39, 0.29) is 0 Å². The summed E-state index contributed by atoms with van der Waals surface area (Å²) >= 11 is 0. The Morgan fingerprint density at radius 2 is 1.65 bits per heavy atom. The molecule has 2 atom stereocenters. The number of rotatable bonds is 8. The number of nitrogens with two attached hydrogens (primary N) is 1. The fraction of sp³-hybridized carbons (Fsp3) is 0.684. The van der Waals surface area contributed by atoms with E-state index in [4.69, 9.17) is 5.73 Å². The lowest BCUT2D eigenvalue weighted by Gasteiger charge is -2.11. The van der Waals surface area contributed by atoms with E-state index in [1.165, 1.54) is 75.3 Å². The Morgan fingerprint density at radius 1 is 0.950 bits per heavy atom. The number of hydrogen-bond acceptors (Lipinski definition) is 1. The van der Waals surface area contributed by atoms with Gasteiger partial charge in [-0.3, -0.25) is 0 Å². The molecule has 1 nitrogen and oxygen atoms in total. The Labute approximate surface area is 125 Å². The number of benzene rings is 1. The van der Waals surface area contributed by atoms with Gasteiger partial charge in [0, 0.05) is 6.04 Å². The van der Waals surface area contributed by atoms with Crippen molar-refractivity contribution in [1.29, 1.82) is 0 Å². The number of aryl methyl sites for hydroxylation is 1. The molecule has 0 aliphatic heterocycles. The normalized spacial score (nSPS) is 22.3. The monoisotopic (exact) mass is 273 g/mol. The van der Waals surface area contributed by atoms with Crippen LogP contribution in [0.4, 0.5) is 0 Å². The molecule has 0 unspecified atom stereocenters. The topological polar surface area (TPSA) is 26.0 Å². The molecule has 0 amide bonds. The Bertz CT molecular complexity index is 368. The Kier molecular flexibility index (Phi) is 6.59. The third kappa shape index (κ3) is 4.94. The summed E-state index contributed by atoms with van der Waals surface area (Å²) in [7, 11) is 0. The van der Waals surface area contributed by atoms with Gasteiger partial charge in [-0.15, -0.1) is 0 Å². The van der Waals surface area contributed by atoms with Crippen LogP contribution in [0.3, 0.4) is 0 Å². The van der Waals surface area contributed by atoms with Crippen molar-refractivity contribution in [2.45, 2.75) is 83.1 Å². The standard InChI is InChI=1S/C19H31N/c1-2-3-4-5-6-7-8-16-9-11-17(12-10-16)18-13-14-19(20)15-18/h9-12,18-19H,2-8,13-15,20H2,1H3/t18-,19+/m0/s1. The molecule has 1 fully saturated rings. The van der Waals surface area contributed by atoms with Gasteiger partial charge in [0.1, 0.15) is 0 Å². The molecule has 2 rings (SSSR count). The van der Waals surface area contributed by atoms with Crippen molar-refractivity contribution >= 4 is 0 Å². The van der Waals surface area contributed by atoms with Crippen molar-refractivity contribution in [3.05, 3.63) is 35.4 Å². The average molecular weight is 273 g/mol. The van der Waals surface area contributed by atoms with Crippen LogP contribution in [0, 0.1) is 0 Å². The molecule has 20 heavy (non-hydrogen) atoms. The maximum atomic E-state index is 6.01. The van der Waals surface area contributed by atoms with E-state index in [0.717, 1.165) is 0 Å². The zero-order valence-corrected chi connectivity index (χ0v) is 13.1. The second-order valence-corrected chi connectivity index (χ2v) is 6.53. The summed E-state index contributed by atoms with van der Waals surface area (Å²) in [6.45, 7) is 2.28. The van der Waals surface area contributed by atoms with Gasteiger partial charge in [0.2, 0.25) is 0 Å². The predicted molar refractivity (Wildman–Crippen MR) is 88.1 cm³/mol. The van der Waals surface area contributed by atoms with Gasteiger partial charge < -0.3 is 5.73 Å². The van der Waals surface area contributed by atoms with Gasteiger partial charge in [0.15, 0.2) is 0 Å². The minimum Gasteiger partial charge on any atom is -0.328 e. The smallest absolute Gasteiger partial charge is 0.00448 e. The lowest BCUT2D eigenvalue weighted by atomic mass is 9.95. The molecule has 0 aromatic heterocycles. The van der Waals surface area contributed by atoms with E-state index in [1.54, 1.807) is 0 Å². The summed E-state index contributed by atoms with van der Waals surface area (Å²) in [4.78, 5) is 0. The largest absolute Gasteiger partial charge is 0.328 e. The van der Waals surface area contributed by atoms with E-state index in [9.17, 15) is 0 Å². The van der Waals surface area contributed by atoms with Crippen LogP contribution in [0.5, 0.6) is 0 Å². The summed E-state index contributed by atoms with van der Waals surface area (Å²) < 4.78 is 0. The van der Waals surface area contributed by atoms with E-state index >= 15 is 0 Å². The van der Waals surface area contributed by atoms with Gasteiger partial charge in [0.25, 0.3) is 0 Å². The first kappa shape index (κ1) is 15.6. The maximum absolute atomic E-state index is 6.01. The van der Waals surface area contributed by atoms with Crippen molar-refractivity contribution in [2.24, 2.45) is 5.73 Å². The van der Waals surface area contributed by atoms with E-state index in [0.29, 0.717) is 12.0 Å². The van der Waals surface area contributed by atoms with E-state index < -0.39 is 0 Å². The molecule has 0 heterocycles. The van der Waals surface area contributed by atoms with Crippen LogP contribution in [-0.4, -0.2) is 6.04 Å². The molecule has 0 bridgehead atoms. The summed E-state index contributed by atoms with van der Waals surface area (Å²) in [5.74, 6) is 0.716. The quantitative estimate of drug-likeness (QED) is 0.648. The van der Waals surface area contributed by atoms with Crippen molar-refractivity contribution < 1.29 is 0 Å². The Hall–Kier alpha value is -0.820. The molecular formula is C19H31N. The average Bonchev–Trinajstić information content (AvgIpc) is 2.90. The molecule has 1 aromatic carbocycles. The van der Waals surface area contributed by atoms with Gasteiger partial charge in [-0.2, -0.15) is 0 Å². The fourth-order valence-corrected chi connectivity index (χ4v) is 3.39. The lowest BCUT2D eigenvalue weighted by Crippen LogP contribution is -2.14. The van der Waals surface area contributed by atoms with Crippen LogP contribution in [0.2, 0.25) is 0 Å². The van der Waals surface area contributed by atoms with Crippen molar-refractivity contribution in [3.8, 4) is 0 Å². The van der Waals surface area contributed by atoms with Crippen molar-refractivity contribution in [2.75, 3.05) is 0 Å². The van der Waals surface area contributed by atoms with Crippen LogP contribution in [0.15, 0.2) is 24.3 Å². The van der Waals surface area contributed by atoms with E-state index in [2.05, 4.69) is 31.2 Å².